The maximum absolute atomic E-state index is 4.61. The van der Waals surface area contributed by atoms with Crippen molar-refractivity contribution in [2.24, 2.45) is 0 Å². The molecule has 0 amide bonds. The molecule has 4 aromatic rings. The van der Waals surface area contributed by atoms with Gasteiger partial charge in [-0.05, 0) is 6.07 Å². The molecule has 6 nitrogen and oxygen atoms in total. The Labute approximate surface area is 143 Å². The van der Waals surface area contributed by atoms with Gasteiger partial charge < -0.3 is 0 Å². The molecule has 0 aliphatic carbocycles. The van der Waals surface area contributed by atoms with Crippen LogP contribution in [0.5, 0.6) is 0 Å². The summed E-state index contributed by atoms with van der Waals surface area (Å²) in [6.45, 7) is 4.17. The Morgan fingerprint density at radius 3 is 2.65 bits per heavy atom. The molecule has 118 valence electrons. The SMILES string of the molecule is CC(C)c1nnc2sc(-c3cc(-c4ccccc4)n[nH]3)nn12.Cl. The Hall–Kier alpha value is -2.25. The summed E-state index contributed by atoms with van der Waals surface area (Å²) in [4.78, 5) is 0.801. The van der Waals surface area contributed by atoms with E-state index in [2.05, 4.69) is 39.3 Å². The van der Waals surface area contributed by atoms with Crippen LogP contribution in [0.25, 0.3) is 26.9 Å². The number of nitrogens with zero attached hydrogens (tertiary/aromatic N) is 5. The normalized spacial score (nSPS) is 11.1. The largest absolute Gasteiger partial charge is 0.275 e. The summed E-state index contributed by atoms with van der Waals surface area (Å²) in [5.41, 5.74) is 2.88. The highest BCUT2D eigenvalue weighted by Crippen LogP contribution is 2.28. The van der Waals surface area contributed by atoms with E-state index in [0.717, 1.165) is 32.7 Å². The molecule has 0 unspecified atom stereocenters. The van der Waals surface area contributed by atoms with Crippen LogP contribution in [-0.2, 0) is 0 Å². The van der Waals surface area contributed by atoms with Crippen molar-refractivity contribution in [3.63, 3.8) is 0 Å². The third kappa shape index (κ3) is 2.73. The van der Waals surface area contributed by atoms with Crippen LogP contribution in [-0.4, -0.2) is 30.0 Å². The zero-order chi connectivity index (χ0) is 15.1. The van der Waals surface area contributed by atoms with Crippen LogP contribution < -0.4 is 0 Å². The molecule has 1 N–H and O–H groups in total. The van der Waals surface area contributed by atoms with Gasteiger partial charge in [-0.3, -0.25) is 5.10 Å². The number of aromatic nitrogens is 6. The molecule has 0 atom stereocenters. The van der Waals surface area contributed by atoms with Crippen molar-refractivity contribution in [3.05, 3.63) is 42.2 Å². The van der Waals surface area contributed by atoms with Crippen LogP contribution in [0.2, 0.25) is 0 Å². The number of hydrogen-bond donors (Lipinski definition) is 1. The molecule has 3 heterocycles. The maximum Gasteiger partial charge on any atom is 0.235 e. The molecule has 0 saturated carbocycles. The van der Waals surface area contributed by atoms with E-state index in [-0.39, 0.29) is 18.3 Å². The molecule has 1 aromatic carbocycles. The molecule has 3 aromatic heterocycles. The van der Waals surface area contributed by atoms with Crippen molar-refractivity contribution in [2.75, 3.05) is 0 Å². The molecule has 0 aliphatic rings. The molecule has 8 heteroatoms. The second-order valence-electron chi connectivity index (χ2n) is 5.35. The first-order chi connectivity index (χ1) is 10.7. The Balaban J connectivity index is 0.00000156. The Bertz CT molecular complexity index is 924. The number of halogens is 1. The first-order valence-corrected chi connectivity index (χ1v) is 7.87. The zero-order valence-electron chi connectivity index (χ0n) is 12.6. The standard InChI is InChI=1S/C15H14N6S.ClH/c1-9(2)13-18-19-15-21(13)20-14(22-15)12-8-11(16-17-12)10-6-4-3-5-7-10;/h3-9H,1-2H3,(H,16,17);1H. The van der Waals surface area contributed by atoms with Crippen LogP contribution in [0.3, 0.4) is 0 Å². The van der Waals surface area contributed by atoms with E-state index < -0.39 is 0 Å². The highest BCUT2D eigenvalue weighted by molar-refractivity contribution is 7.19. The Morgan fingerprint density at radius 2 is 1.91 bits per heavy atom. The molecule has 4 rings (SSSR count). The summed E-state index contributed by atoms with van der Waals surface area (Å²) < 4.78 is 1.81. The smallest absolute Gasteiger partial charge is 0.235 e. The number of benzene rings is 1. The van der Waals surface area contributed by atoms with Gasteiger partial charge in [0.05, 0.1) is 11.4 Å². The molecule has 0 radical (unpaired) electrons. The van der Waals surface area contributed by atoms with Crippen molar-refractivity contribution >= 4 is 28.7 Å². The number of nitrogens with one attached hydrogen (secondary N) is 1. The molecule has 0 saturated heterocycles. The van der Waals surface area contributed by atoms with Crippen molar-refractivity contribution in [1.82, 2.24) is 30.0 Å². The summed E-state index contributed by atoms with van der Waals surface area (Å²) in [6.07, 6.45) is 0. The van der Waals surface area contributed by atoms with Crippen molar-refractivity contribution < 1.29 is 0 Å². The van der Waals surface area contributed by atoms with Crippen molar-refractivity contribution in [2.45, 2.75) is 19.8 Å². The molecule has 23 heavy (non-hydrogen) atoms. The van der Waals surface area contributed by atoms with Crippen LogP contribution in [0.1, 0.15) is 25.6 Å². The Morgan fingerprint density at radius 1 is 1.13 bits per heavy atom. The highest BCUT2D eigenvalue weighted by atomic mass is 35.5. The average Bonchev–Trinajstić information content (AvgIpc) is 3.22. The monoisotopic (exact) mass is 346 g/mol. The molecular formula is C15H15ClN6S. The molecular weight excluding hydrogens is 332 g/mol. The van der Waals surface area contributed by atoms with E-state index in [0.29, 0.717) is 0 Å². The highest BCUT2D eigenvalue weighted by Gasteiger charge is 2.16. The minimum absolute atomic E-state index is 0. The minimum Gasteiger partial charge on any atom is -0.275 e. The van der Waals surface area contributed by atoms with Gasteiger partial charge in [0.1, 0.15) is 0 Å². The summed E-state index contributed by atoms with van der Waals surface area (Å²) >= 11 is 1.50. The molecule has 0 aliphatic heterocycles. The topological polar surface area (TPSA) is 71.8 Å². The lowest BCUT2D eigenvalue weighted by Crippen LogP contribution is -1.97. The van der Waals surface area contributed by atoms with Gasteiger partial charge in [-0.2, -0.15) is 14.7 Å². The van der Waals surface area contributed by atoms with E-state index in [1.165, 1.54) is 11.3 Å². The second-order valence-corrected chi connectivity index (χ2v) is 6.30. The Kier molecular flexibility index (Phi) is 4.14. The van der Waals surface area contributed by atoms with Gasteiger partial charge in [0.25, 0.3) is 0 Å². The van der Waals surface area contributed by atoms with E-state index in [1.54, 1.807) is 0 Å². The number of rotatable bonds is 3. The fourth-order valence-corrected chi connectivity index (χ4v) is 3.10. The van der Waals surface area contributed by atoms with Crippen LogP contribution >= 0.6 is 23.7 Å². The fourth-order valence-electron chi connectivity index (χ4n) is 2.29. The average molecular weight is 347 g/mol. The van der Waals surface area contributed by atoms with Crippen LogP contribution in [0.15, 0.2) is 36.4 Å². The number of H-pyrrole nitrogens is 1. The quantitative estimate of drug-likeness (QED) is 0.612. The number of fused-ring (bicyclic) bond motifs is 1. The van der Waals surface area contributed by atoms with Crippen molar-refractivity contribution in [3.8, 4) is 22.0 Å². The third-order valence-electron chi connectivity index (χ3n) is 3.41. The summed E-state index contributed by atoms with van der Waals surface area (Å²) in [6, 6.07) is 12.1. The van der Waals surface area contributed by atoms with Crippen LogP contribution in [0.4, 0.5) is 0 Å². The predicted octanol–water partition coefficient (Wildman–Crippen LogP) is 3.79. The third-order valence-corrected chi connectivity index (χ3v) is 4.34. The number of hydrogen-bond acceptors (Lipinski definition) is 5. The van der Waals surface area contributed by atoms with Gasteiger partial charge in [0.15, 0.2) is 10.8 Å². The van der Waals surface area contributed by atoms with Gasteiger partial charge in [-0.15, -0.1) is 22.6 Å². The van der Waals surface area contributed by atoms with E-state index in [4.69, 9.17) is 0 Å². The summed E-state index contributed by atoms with van der Waals surface area (Å²) in [5.74, 6) is 1.16. The fraction of sp³-hybridized carbons (Fsp3) is 0.200. The van der Waals surface area contributed by atoms with E-state index in [1.807, 2.05) is 40.9 Å². The first kappa shape index (κ1) is 15.6. The van der Waals surface area contributed by atoms with E-state index in [9.17, 15) is 0 Å². The summed E-state index contributed by atoms with van der Waals surface area (Å²) in [7, 11) is 0. The number of aromatic amines is 1. The molecule has 0 spiro atoms. The molecule has 0 bridgehead atoms. The lowest BCUT2D eigenvalue weighted by atomic mass is 10.1. The zero-order valence-corrected chi connectivity index (χ0v) is 14.2. The van der Waals surface area contributed by atoms with Gasteiger partial charge in [-0.1, -0.05) is 55.5 Å². The molecule has 0 fully saturated rings. The lowest BCUT2D eigenvalue weighted by molar-refractivity contribution is 0.726. The van der Waals surface area contributed by atoms with Crippen LogP contribution in [0, 0.1) is 0 Å². The van der Waals surface area contributed by atoms with Gasteiger partial charge >= 0.3 is 0 Å². The predicted molar refractivity (Wildman–Crippen MR) is 93.0 cm³/mol. The lowest BCUT2D eigenvalue weighted by Gasteiger charge is -1.97. The van der Waals surface area contributed by atoms with E-state index >= 15 is 0 Å². The maximum atomic E-state index is 4.61. The van der Waals surface area contributed by atoms with Gasteiger partial charge in [0, 0.05) is 11.5 Å². The second kappa shape index (κ2) is 6.10. The van der Waals surface area contributed by atoms with Gasteiger partial charge in [0.2, 0.25) is 4.96 Å². The van der Waals surface area contributed by atoms with Crippen molar-refractivity contribution in [1.29, 1.82) is 0 Å². The first-order valence-electron chi connectivity index (χ1n) is 7.05. The minimum atomic E-state index is 0. The van der Waals surface area contributed by atoms with Gasteiger partial charge in [-0.25, -0.2) is 0 Å². The summed E-state index contributed by atoms with van der Waals surface area (Å²) in [5, 5.41) is 21.3.